The Balaban J connectivity index is 1.67. The number of hydrogen-bond donors (Lipinski definition) is 1. The van der Waals surface area contributed by atoms with E-state index in [1.165, 1.54) is 42.1 Å². The van der Waals surface area contributed by atoms with E-state index in [1.807, 2.05) is 0 Å². The molecule has 0 spiro atoms. The Morgan fingerprint density at radius 2 is 2.26 bits per heavy atom. The van der Waals surface area contributed by atoms with Crippen LogP contribution in [0, 0.1) is 0 Å². The molecule has 1 aromatic heterocycles. The summed E-state index contributed by atoms with van der Waals surface area (Å²) in [6, 6.07) is 8.57. The molecular weight excluding hydrogens is 236 g/mol. The van der Waals surface area contributed by atoms with Crippen LogP contribution in [0.4, 0.5) is 0 Å². The Labute approximate surface area is 114 Å². The standard InChI is InChI=1S/C16H22N2O/c17-12-13-4-1-7-16-15(13)8-10-18(16)9-2-5-14-6-3-11-19-14/h1,4,7-8,10,14H,2-3,5-6,9,11-12,17H2. The van der Waals surface area contributed by atoms with Crippen LogP contribution in [0.2, 0.25) is 0 Å². The molecule has 0 amide bonds. The number of hydrogen-bond acceptors (Lipinski definition) is 2. The Hall–Kier alpha value is -1.32. The van der Waals surface area contributed by atoms with Gasteiger partial charge in [-0.15, -0.1) is 0 Å². The lowest BCUT2D eigenvalue weighted by molar-refractivity contribution is 0.101. The van der Waals surface area contributed by atoms with Crippen LogP contribution in [0.1, 0.15) is 31.2 Å². The molecule has 1 aliphatic heterocycles. The minimum absolute atomic E-state index is 0.501. The third kappa shape index (κ3) is 2.67. The summed E-state index contributed by atoms with van der Waals surface area (Å²) >= 11 is 0. The smallest absolute Gasteiger partial charge is 0.0576 e. The average molecular weight is 258 g/mol. The molecule has 1 aliphatic rings. The number of nitrogens with two attached hydrogens (primary N) is 1. The predicted octanol–water partition coefficient (Wildman–Crippen LogP) is 3.06. The summed E-state index contributed by atoms with van der Waals surface area (Å²) in [4.78, 5) is 0. The number of fused-ring (bicyclic) bond motifs is 1. The minimum Gasteiger partial charge on any atom is -0.378 e. The van der Waals surface area contributed by atoms with E-state index in [4.69, 9.17) is 10.5 Å². The third-order valence-electron chi connectivity index (χ3n) is 4.07. The first-order valence-corrected chi connectivity index (χ1v) is 7.27. The average Bonchev–Trinajstić information content (AvgIpc) is 3.08. The molecule has 2 N–H and O–H groups in total. The highest BCUT2D eigenvalue weighted by Gasteiger charge is 2.14. The van der Waals surface area contributed by atoms with E-state index in [1.54, 1.807) is 0 Å². The molecule has 3 nitrogen and oxygen atoms in total. The van der Waals surface area contributed by atoms with Crippen LogP contribution in [0.3, 0.4) is 0 Å². The lowest BCUT2D eigenvalue weighted by atomic mass is 10.1. The summed E-state index contributed by atoms with van der Waals surface area (Å²) in [7, 11) is 0. The van der Waals surface area contributed by atoms with Gasteiger partial charge < -0.3 is 15.0 Å². The van der Waals surface area contributed by atoms with Crippen LogP contribution in [-0.2, 0) is 17.8 Å². The fraction of sp³-hybridized carbons (Fsp3) is 0.500. The molecule has 19 heavy (non-hydrogen) atoms. The molecule has 0 aliphatic carbocycles. The highest BCUT2D eigenvalue weighted by Crippen LogP contribution is 2.22. The SMILES string of the molecule is NCc1cccc2c1ccn2CCCC1CCCO1. The van der Waals surface area contributed by atoms with Gasteiger partial charge in [-0.2, -0.15) is 0 Å². The van der Waals surface area contributed by atoms with Gasteiger partial charge in [0.2, 0.25) is 0 Å². The lowest BCUT2D eigenvalue weighted by Gasteiger charge is -2.10. The zero-order valence-corrected chi connectivity index (χ0v) is 11.3. The Morgan fingerprint density at radius 3 is 3.05 bits per heavy atom. The van der Waals surface area contributed by atoms with Crippen molar-refractivity contribution in [3.63, 3.8) is 0 Å². The van der Waals surface area contributed by atoms with Gasteiger partial charge >= 0.3 is 0 Å². The summed E-state index contributed by atoms with van der Waals surface area (Å²) in [6.45, 7) is 2.63. The predicted molar refractivity (Wildman–Crippen MR) is 78.0 cm³/mol. The van der Waals surface area contributed by atoms with E-state index in [-0.39, 0.29) is 0 Å². The molecule has 0 radical (unpaired) electrons. The number of ether oxygens (including phenoxy) is 1. The highest BCUT2D eigenvalue weighted by atomic mass is 16.5. The first-order valence-electron chi connectivity index (χ1n) is 7.27. The maximum absolute atomic E-state index is 5.78. The first kappa shape index (κ1) is 12.7. The molecule has 1 saturated heterocycles. The van der Waals surface area contributed by atoms with E-state index < -0.39 is 0 Å². The summed E-state index contributed by atoms with van der Waals surface area (Å²) in [5.74, 6) is 0. The molecule has 0 saturated carbocycles. The van der Waals surface area contributed by atoms with Gasteiger partial charge in [0.25, 0.3) is 0 Å². The molecule has 1 fully saturated rings. The zero-order chi connectivity index (χ0) is 13.1. The van der Waals surface area contributed by atoms with E-state index in [2.05, 4.69) is 35.0 Å². The first-order chi connectivity index (χ1) is 9.38. The lowest BCUT2D eigenvalue weighted by Crippen LogP contribution is -2.06. The summed E-state index contributed by atoms with van der Waals surface area (Å²) in [5, 5.41) is 1.29. The van der Waals surface area contributed by atoms with Gasteiger partial charge in [0.1, 0.15) is 0 Å². The largest absolute Gasteiger partial charge is 0.378 e. The van der Waals surface area contributed by atoms with Crippen molar-refractivity contribution in [3.05, 3.63) is 36.0 Å². The van der Waals surface area contributed by atoms with Gasteiger partial charge in [-0.3, -0.25) is 0 Å². The molecule has 1 unspecified atom stereocenters. The van der Waals surface area contributed by atoms with Gasteiger partial charge in [0.05, 0.1) is 6.10 Å². The van der Waals surface area contributed by atoms with Crippen molar-refractivity contribution in [2.45, 2.75) is 44.9 Å². The number of aryl methyl sites for hydroxylation is 1. The topological polar surface area (TPSA) is 40.2 Å². The van der Waals surface area contributed by atoms with Crippen LogP contribution in [0.5, 0.6) is 0 Å². The molecule has 1 aromatic carbocycles. The second-order valence-electron chi connectivity index (χ2n) is 5.34. The Morgan fingerprint density at radius 1 is 1.32 bits per heavy atom. The molecular formula is C16H22N2O. The van der Waals surface area contributed by atoms with Crippen molar-refractivity contribution < 1.29 is 4.74 Å². The van der Waals surface area contributed by atoms with Gasteiger partial charge in [-0.1, -0.05) is 12.1 Å². The second-order valence-corrected chi connectivity index (χ2v) is 5.34. The van der Waals surface area contributed by atoms with Gasteiger partial charge in [-0.05, 0) is 43.4 Å². The Bertz CT molecular complexity index is 541. The minimum atomic E-state index is 0.501. The van der Waals surface area contributed by atoms with Crippen LogP contribution in [0.25, 0.3) is 10.9 Å². The molecule has 102 valence electrons. The number of rotatable bonds is 5. The molecule has 3 rings (SSSR count). The fourth-order valence-electron chi connectivity index (χ4n) is 3.02. The van der Waals surface area contributed by atoms with Crippen molar-refractivity contribution in [2.75, 3.05) is 6.61 Å². The van der Waals surface area contributed by atoms with Crippen molar-refractivity contribution in [2.24, 2.45) is 5.73 Å². The normalized spacial score (nSPS) is 19.3. The Kier molecular flexibility index (Phi) is 3.85. The summed E-state index contributed by atoms with van der Waals surface area (Å²) in [6.07, 6.45) is 7.51. The van der Waals surface area contributed by atoms with Gasteiger partial charge in [0.15, 0.2) is 0 Å². The molecule has 2 heterocycles. The monoisotopic (exact) mass is 258 g/mol. The van der Waals surface area contributed by atoms with E-state index in [0.717, 1.165) is 13.2 Å². The van der Waals surface area contributed by atoms with Crippen LogP contribution < -0.4 is 5.73 Å². The van der Waals surface area contributed by atoms with Crippen molar-refractivity contribution in [3.8, 4) is 0 Å². The molecule has 0 bridgehead atoms. The summed E-state index contributed by atoms with van der Waals surface area (Å²) < 4.78 is 8.01. The van der Waals surface area contributed by atoms with Gasteiger partial charge in [0, 0.05) is 36.8 Å². The van der Waals surface area contributed by atoms with Crippen molar-refractivity contribution >= 4 is 10.9 Å². The van der Waals surface area contributed by atoms with E-state index >= 15 is 0 Å². The van der Waals surface area contributed by atoms with Crippen LogP contribution >= 0.6 is 0 Å². The highest BCUT2D eigenvalue weighted by molar-refractivity contribution is 5.83. The van der Waals surface area contributed by atoms with E-state index in [9.17, 15) is 0 Å². The molecule has 1 atom stereocenters. The summed E-state index contributed by atoms with van der Waals surface area (Å²) in [5.41, 5.74) is 8.32. The van der Waals surface area contributed by atoms with Crippen LogP contribution in [-0.4, -0.2) is 17.3 Å². The van der Waals surface area contributed by atoms with Crippen molar-refractivity contribution in [1.82, 2.24) is 4.57 Å². The number of nitrogens with zero attached hydrogens (tertiary/aromatic N) is 1. The second kappa shape index (κ2) is 5.76. The molecule has 3 heteroatoms. The number of aromatic nitrogens is 1. The maximum atomic E-state index is 5.78. The third-order valence-corrected chi connectivity index (χ3v) is 4.07. The van der Waals surface area contributed by atoms with E-state index in [0.29, 0.717) is 12.6 Å². The van der Waals surface area contributed by atoms with Crippen LogP contribution in [0.15, 0.2) is 30.5 Å². The number of benzene rings is 1. The molecule has 2 aromatic rings. The fourth-order valence-corrected chi connectivity index (χ4v) is 3.02. The van der Waals surface area contributed by atoms with Crippen molar-refractivity contribution in [1.29, 1.82) is 0 Å². The zero-order valence-electron chi connectivity index (χ0n) is 11.3. The quantitative estimate of drug-likeness (QED) is 0.895. The van der Waals surface area contributed by atoms with Gasteiger partial charge in [-0.25, -0.2) is 0 Å². The maximum Gasteiger partial charge on any atom is 0.0576 e.